The van der Waals surface area contributed by atoms with Crippen molar-refractivity contribution in [3.05, 3.63) is 59.8 Å². The second-order valence-corrected chi connectivity index (χ2v) is 4.51. The first kappa shape index (κ1) is 10.2. The summed E-state index contributed by atoms with van der Waals surface area (Å²) in [5.74, 6) is 0. The maximum Gasteiger partial charge on any atom is 0.0460 e. The molecule has 0 spiro atoms. The first-order chi connectivity index (χ1) is 8.27. The number of aryl methyl sites for hydroxylation is 2. The van der Waals surface area contributed by atoms with E-state index in [1.54, 1.807) is 0 Å². The van der Waals surface area contributed by atoms with E-state index in [0.717, 1.165) is 0 Å². The molecule has 0 fully saturated rings. The summed E-state index contributed by atoms with van der Waals surface area (Å²) in [6, 6.07) is 14.9. The van der Waals surface area contributed by atoms with Crippen LogP contribution in [0.2, 0.25) is 0 Å². The highest BCUT2D eigenvalue weighted by Crippen LogP contribution is 2.32. The molecule has 84 valence electrons. The Bertz CT molecular complexity index is 657. The average molecular weight is 221 g/mol. The topological polar surface area (TPSA) is 15.8 Å². The van der Waals surface area contributed by atoms with E-state index in [9.17, 15) is 0 Å². The van der Waals surface area contributed by atoms with Crippen LogP contribution in [-0.2, 0) is 0 Å². The molecule has 3 rings (SSSR count). The van der Waals surface area contributed by atoms with Gasteiger partial charge < -0.3 is 4.98 Å². The van der Waals surface area contributed by atoms with Crippen LogP contribution >= 0.6 is 0 Å². The van der Waals surface area contributed by atoms with Gasteiger partial charge in [-0.2, -0.15) is 0 Å². The number of para-hydroxylation sites is 1. The first-order valence-electron chi connectivity index (χ1n) is 5.90. The smallest absolute Gasteiger partial charge is 0.0460 e. The molecule has 0 amide bonds. The molecule has 1 nitrogen and oxygen atoms in total. The Labute approximate surface area is 101 Å². The van der Waals surface area contributed by atoms with E-state index in [1.165, 1.54) is 33.2 Å². The first-order valence-corrected chi connectivity index (χ1v) is 5.90. The van der Waals surface area contributed by atoms with E-state index in [1.807, 2.05) is 0 Å². The van der Waals surface area contributed by atoms with Crippen molar-refractivity contribution in [2.75, 3.05) is 0 Å². The maximum atomic E-state index is 3.34. The van der Waals surface area contributed by atoms with Crippen molar-refractivity contribution in [2.24, 2.45) is 0 Å². The van der Waals surface area contributed by atoms with E-state index in [0.29, 0.717) is 0 Å². The van der Waals surface area contributed by atoms with Crippen molar-refractivity contribution in [1.29, 1.82) is 0 Å². The number of fused-ring (bicyclic) bond motifs is 1. The number of benzene rings is 2. The molecular weight excluding hydrogens is 206 g/mol. The molecule has 0 saturated heterocycles. The van der Waals surface area contributed by atoms with Gasteiger partial charge in [0.05, 0.1) is 0 Å². The van der Waals surface area contributed by atoms with Gasteiger partial charge in [-0.15, -0.1) is 0 Å². The van der Waals surface area contributed by atoms with E-state index < -0.39 is 0 Å². The van der Waals surface area contributed by atoms with E-state index in [4.69, 9.17) is 0 Å². The second kappa shape index (κ2) is 3.77. The van der Waals surface area contributed by atoms with Crippen molar-refractivity contribution in [2.45, 2.75) is 13.8 Å². The Hall–Kier alpha value is -2.02. The molecule has 0 saturated carbocycles. The van der Waals surface area contributed by atoms with Gasteiger partial charge in [0, 0.05) is 22.7 Å². The van der Waals surface area contributed by atoms with Crippen LogP contribution in [0.4, 0.5) is 0 Å². The van der Waals surface area contributed by atoms with Gasteiger partial charge in [-0.1, -0.05) is 36.4 Å². The number of rotatable bonds is 1. The van der Waals surface area contributed by atoms with Gasteiger partial charge in [0.2, 0.25) is 0 Å². The van der Waals surface area contributed by atoms with Crippen LogP contribution in [0.15, 0.2) is 48.7 Å². The van der Waals surface area contributed by atoms with Crippen molar-refractivity contribution in [1.82, 2.24) is 4.98 Å². The van der Waals surface area contributed by atoms with Gasteiger partial charge in [0.1, 0.15) is 0 Å². The third-order valence-corrected chi connectivity index (χ3v) is 3.34. The normalized spacial score (nSPS) is 10.9. The molecule has 0 aliphatic heterocycles. The Morgan fingerprint density at radius 1 is 0.824 bits per heavy atom. The lowest BCUT2D eigenvalue weighted by Gasteiger charge is -2.08. The summed E-state index contributed by atoms with van der Waals surface area (Å²) < 4.78 is 0. The highest BCUT2D eigenvalue weighted by molar-refractivity contribution is 5.96. The standard InChI is InChI=1S/C16H15N/c1-11-6-5-7-12(2)16(11)14-10-17-15-9-4-3-8-13(14)15/h3-10,17H,1-2H3. The summed E-state index contributed by atoms with van der Waals surface area (Å²) in [6.07, 6.45) is 2.11. The number of hydrogen-bond acceptors (Lipinski definition) is 0. The molecule has 0 unspecified atom stereocenters. The van der Waals surface area contributed by atoms with Crippen molar-refractivity contribution >= 4 is 10.9 Å². The zero-order valence-electron chi connectivity index (χ0n) is 10.1. The maximum absolute atomic E-state index is 3.34. The number of H-pyrrole nitrogens is 1. The molecule has 2 aromatic carbocycles. The summed E-state index contributed by atoms with van der Waals surface area (Å²) in [6.45, 7) is 4.34. The largest absolute Gasteiger partial charge is 0.361 e. The van der Waals surface area contributed by atoms with E-state index in [2.05, 4.69) is 67.5 Å². The number of nitrogens with one attached hydrogen (secondary N) is 1. The number of aromatic nitrogens is 1. The molecule has 1 N–H and O–H groups in total. The average Bonchev–Trinajstić information content (AvgIpc) is 2.73. The highest BCUT2D eigenvalue weighted by Gasteiger charge is 2.09. The minimum Gasteiger partial charge on any atom is -0.361 e. The summed E-state index contributed by atoms with van der Waals surface area (Å²) in [7, 11) is 0. The minimum absolute atomic E-state index is 1.20. The molecule has 17 heavy (non-hydrogen) atoms. The van der Waals surface area contributed by atoms with Crippen LogP contribution in [0.5, 0.6) is 0 Å². The summed E-state index contributed by atoms with van der Waals surface area (Å²) in [5.41, 5.74) is 6.51. The van der Waals surface area contributed by atoms with Gasteiger partial charge >= 0.3 is 0 Å². The third kappa shape index (κ3) is 1.55. The van der Waals surface area contributed by atoms with Gasteiger partial charge in [-0.05, 0) is 36.6 Å². The SMILES string of the molecule is Cc1cccc(C)c1-c1c[nH]c2ccccc12. The van der Waals surface area contributed by atoms with Gasteiger partial charge in [-0.25, -0.2) is 0 Å². The number of aromatic amines is 1. The summed E-state index contributed by atoms with van der Waals surface area (Å²) >= 11 is 0. The predicted molar refractivity (Wildman–Crippen MR) is 73.2 cm³/mol. The monoisotopic (exact) mass is 221 g/mol. The quantitative estimate of drug-likeness (QED) is 0.624. The van der Waals surface area contributed by atoms with Crippen LogP contribution < -0.4 is 0 Å². The fraction of sp³-hybridized carbons (Fsp3) is 0.125. The minimum atomic E-state index is 1.20. The molecule has 0 bridgehead atoms. The van der Waals surface area contributed by atoms with E-state index >= 15 is 0 Å². The van der Waals surface area contributed by atoms with Gasteiger partial charge in [-0.3, -0.25) is 0 Å². The Morgan fingerprint density at radius 2 is 1.53 bits per heavy atom. The zero-order chi connectivity index (χ0) is 11.8. The molecule has 0 atom stereocenters. The molecule has 0 aliphatic rings. The van der Waals surface area contributed by atoms with Crippen LogP contribution in [-0.4, -0.2) is 4.98 Å². The molecular formula is C16H15N. The zero-order valence-corrected chi connectivity index (χ0v) is 10.1. The lowest BCUT2D eigenvalue weighted by Crippen LogP contribution is -1.86. The van der Waals surface area contributed by atoms with Crippen molar-refractivity contribution in [3.8, 4) is 11.1 Å². The van der Waals surface area contributed by atoms with Crippen molar-refractivity contribution in [3.63, 3.8) is 0 Å². The van der Waals surface area contributed by atoms with Crippen molar-refractivity contribution < 1.29 is 0 Å². The lowest BCUT2D eigenvalue weighted by atomic mass is 9.95. The molecule has 1 heteroatoms. The van der Waals surface area contributed by atoms with Gasteiger partial charge in [0.25, 0.3) is 0 Å². The second-order valence-electron chi connectivity index (χ2n) is 4.51. The molecule has 1 aromatic heterocycles. The molecule has 1 heterocycles. The molecule has 3 aromatic rings. The molecule has 0 radical (unpaired) electrons. The van der Waals surface area contributed by atoms with E-state index in [-0.39, 0.29) is 0 Å². The van der Waals surface area contributed by atoms with Crippen LogP contribution in [0, 0.1) is 13.8 Å². The fourth-order valence-electron chi connectivity index (χ4n) is 2.52. The van der Waals surface area contributed by atoms with Crippen LogP contribution in [0.1, 0.15) is 11.1 Å². The van der Waals surface area contributed by atoms with Crippen LogP contribution in [0.3, 0.4) is 0 Å². The van der Waals surface area contributed by atoms with Crippen LogP contribution in [0.25, 0.3) is 22.0 Å². The highest BCUT2D eigenvalue weighted by atomic mass is 14.7. The Kier molecular flexibility index (Phi) is 2.25. The predicted octanol–water partition coefficient (Wildman–Crippen LogP) is 4.45. The fourth-order valence-corrected chi connectivity index (χ4v) is 2.52. The van der Waals surface area contributed by atoms with Gasteiger partial charge in [0.15, 0.2) is 0 Å². The third-order valence-electron chi connectivity index (χ3n) is 3.34. The number of hydrogen-bond donors (Lipinski definition) is 1. The Balaban J connectivity index is 2.35. The summed E-state index contributed by atoms with van der Waals surface area (Å²) in [5, 5.41) is 1.30. The molecule has 0 aliphatic carbocycles. The lowest BCUT2D eigenvalue weighted by molar-refractivity contribution is 1.38. The summed E-state index contributed by atoms with van der Waals surface area (Å²) in [4.78, 5) is 3.34. The Morgan fingerprint density at radius 3 is 2.29 bits per heavy atom.